The molecule has 3 heterocycles. The van der Waals surface area contributed by atoms with Crippen molar-refractivity contribution in [3.05, 3.63) is 35.7 Å². The zero-order valence-electron chi connectivity index (χ0n) is 10.1. The number of fused-ring (bicyclic) bond motifs is 1. The molecule has 0 aliphatic carbocycles. The number of carbonyl (C=O) groups is 1. The number of aromatic nitrogens is 3. The summed E-state index contributed by atoms with van der Waals surface area (Å²) in [4.78, 5) is 16.2. The number of imidazole rings is 1. The first-order valence-corrected chi connectivity index (χ1v) is 5.96. The molecule has 0 fully saturated rings. The van der Waals surface area contributed by atoms with Gasteiger partial charge in [-0.2, -0.15) is 0 Å². The average Bonchev–Trinajstić information content (AvgIpc) is 2.96. The van der Waals surface area contributed by atoms with Gasteiger partial charge in [0.05, 0.1) is 0 Å². The molecular weight excluding hydrogens is 232 g/mol. The third kappa shape index (κ3) is 2.01. The highest BCUT2D eigenvalue weighted by molar-refractivity contribution is 5.92. The molecular formula is C12H14N4O2. The van der Waals surface area contributed by atoms with Gasteiger partial charge in [-0.05, 0) is 13.3 Å². The van der Waals surface area contributed by atoms with Crippen LogP contribution in [0.15, 0.2) is 23.0 Å². The number of aryl methyl sites for hydroxylation is 2. The highest BCUT2D eigenvalue weighted by atomic mass is 16.5. The molecule has 0 saturated carbocycles. The fourth-order valence-corrected chi connectivity index (χ4v) is 2.22. The lowest BCUT2D eigenvalue weighted by atomic mass is 10.1. The quantitative estimate of drug-likeness (QED) is 0.855. The third-order valence-corrected chi connectivity index (χ3v) is 3.13. The van der Waals surface area contributed by atoms with E-state index in [0.29, 0.717) is 11.5 Å². The fourth-order valence-electron chi connectivity index (χ4n) is 2.22. The Morgan fingerprint density at radius 1 is 1.61 bits per heavy atom. The zero-order valence-corrected chi connectivity index (χ0v) is 10.1. The van der Waals surface area contributed by atoms with Crippen molar-refractivity contribution in [2.24, 2.45) is 0 Å². The summed E-state index contributed by atoms with van der Waals surface area (Å²) >= 11 is 0. The van der Waals surface area contributed by atoms with Crippen molar-refractivity contribution in [2.75, 3.05) is 0 Å². The zero-order chi connectivity index (χ0) is 12.5. The maximum Gasteiger partial charge on any atom is 0.273 e. The van der Waals surface area contributed by atoms with Crippen LogP contribution in [0.25, 0.3) is 0 Å². The van der Waals surface area contributed by atoms with E-state index in [9.17, 15) is 4.79 Å². The van der Waals surface area contributed by atoms with Crippen LogP contribution in [0.2, 0.25) is 0 Å². The van der Waals surface area contributed by atoms with Gasteiger partial charge in [-0.1, -0.05) is 5.16 Å². The Bertz CT molecular complexity index is 572. The van der Waals surface area contributed by atoms with Crippen LogP contribution in [0.3, 0.4) is 0 Å². The summed E-state index contributed by atoms with van der Waals surface area (Å²) in [6, 6.07) is 1.76. The van der Waals surface area contributed by atoms with Crippen molar-refractivity contribution in [3.63, 3.8) is 0 Å². The van der Waals surface area contributed by atoms with E-state index in [1.807, 2.05) is 6.20 Å². The van der Waals surface area contributed by atoms with Gasteiger partial charge >= 0.3 is 0 Å². The van der Waals surface area contributed by atoms with E-state index in [0.717, 1.165) is 25.2 Å². The smallest absolute Gasteiger partial charge is 0.273 e. The van der Waals surface area contributed by atoms with Gasteiger partial charge < -0.3 is 14.4 Å². The second kappa shape index (κ2) is 4.29. The molecule has 1 aliphatic heterocycles. The molecule has 1 atom stereocenters. The molecule has 0 spiro atoms. The van der Waals surface area contributed by atoms with E-state index < -0.39 is 0 Å². The highest BCUT2D eigenvalue weighted by Crippen LogP contribution is 2.13. The molecule has 0 radical (unpaired) electrons. The summed E-state index contributed by atoms with van der Waals surface area (Å²) in [6.45, 7) is 2.53. The van der Waals surface area contributed by atoms with Crippen LogP contribution in [0.4, 0.5) is 0 Å². The van der Waals surface area contributed by atoms with Crippen LogP contribution in [0.1, 0.15) is 28.5 Å². The standard InChI is InChI=1S/C12H14N4O2/c1-8-6-10(15-18-8)12(17)14-9-2-3-11-13-4-5-16(11)7-9/h4-6,9H,2-3,7H2,1H3,(H,14,17). The predicted molar refractivity (Wildman–Crippen MR) is 63.0 cm³/mol. The first-order valence-electron chi connectivity index (χ1n) is 5.96. The molecule has 1 unspecified atom stereocenters. The van der Waals surface area contributed by atoms with Crippen LogP contribution in [0.5, 0.6) is 0 Å². The predicted octanol–water partition coefficient (Wildman–Crippen LogP) is 0.924. The van der Waals surface area contributed by atoms with Crippen molar-refractivity contribution in [1.29, 1.82) is 0 Å². The molecule has 1 aliphatic rings. The average molecular weight is 246 g/mol. The van der Waals surface area contributed by atoms with Gasteiger partial charge in [0.25, 0.3) is 5.91 Å². The number of nitrogens with one attached hydrogen (secondary N) is 1. The Labute approximate surface area is 104 Å². The number of rotatable bonds is 2. The second-order valence-electron chi connectivity index (χ2n) is 4.53. The minimum atomic E-state index is -0.180. The van der Waals surface area contributed by atoms with Gasteiger partial charge in [-0.15, -0.1) is 0 Å². The van der Waals surface area contributed by atoms with E-state index >= 15 is 0 Å². The van der Waals surface area contributed by atoms with Crippen molar-refractivity contribution in [2.45, 2.75) is 32.4 Å². The van der Waals surface area contributed by atoms with Crippen molar-refractivity contribution < 1.29 is 9.32 Å². The van der Waals surface area contributed by atoms with Crippen LogP contribution < -0.4 is 5.32 Å². The Balaban J connectivity index is 1.66. The molecule has 1 amide bonds. The van der Waals surface area contributed by atoms with Crippen LogP contribution >= 0.6 is 0 Å². The molecule has 2 aromatic rings. The summed E-state index contributed by atoms with van der Waals surface area (Å²) in [5.41, 5.74) is 0.337. The van der Waals surface area contributed by atoms with Gasteiger partial charge in [0.15, 0.2) is 5.69 Å². The van der Waals surface area contributed by atoms with E-state index in [2.05, 4.69) is 20.0 Å². The normalized spacial score (nSPS) is 18.4. The largest absolute Gasteiger partial charge is 0.361 e. The highest BCUT2D eigenvalue weighted by Gasteiger charge is 2.21. The van der Waals surface area contributed by atoms with E-state index in [-0.39, 0.29) is 11.9 Å². The van der Waals surface area contributed by atoms with E-state index in [4.69, 9.17) is 4.52 Å². The summed E-state index contributed by atoms with van der Waals surface area (Å²) in [5.74, 6) is 1.54. The van der Waals surface area contributed by atoms with Gasteiger partial charge in [0.1, 0.15) is 11.6 Å². The number of hydrogen-bond donors (Lipinski definition) is 1. The summed E-state index contributed by atoms with van der Waals surface area (Å²) in [7, 11) is 0. The molecule has 94 valence electrons. The number of amides is 1. The molecule has 6 heteroatoms. The molecule has 3 rings (SSSR count). The summed E-state index contributed by atoms with van der Waals surface area (Å²) < 4.78 is 6.96. The first kappa shape index (κ1) is 11.0. The number of carbonyl (C=O) groups excluding carboxylic acids is 1. The molecule has 0 bridgehead atoms. The molecule has 18 heavy (non-hydrogen) atoms. The third-order valence-electron chi connectivity index (χ3n) is 3.13. The molecule has 2 aromatic heterocycles. The lowest BCUT2D eigenvalue weighted by molar-refractivity contribution is 0.0918. The fraction of sp³-hybridized carbons (Fsp3) is 0.417. The summed E-state index contributed by atoms with van der Waals surface area (Å²) in [6.07, 6.45) is 5.52. The minimum Gasteiger partial charge on any atom is -0.361 e. The Hall–Kier alpha value is -2.11. The monoisotopic (exact) mass is 246 g/mol. The van der Waals surface area contributed by atoms with Crippen molar-refractivity contribution in [3.8, 4) is 0 Å². The maximum atomic E-state index is 11.9. The first-order chi connectivity index (χ1) is 8.72. The topological polar surface area (TPSA) is 73.0 Å². The lowest BCUT2D eigenvalue weighted by Gasteiger charge is -2.24. The minimum absolute atomic E-state index is 0.121. The second-order valence-corrected chi connectivity index (χ2v) is 4.53. The number of hydrogen-bond acceptors (Lipinski definition) is 4. The van der Waals surface area contributed by atoms with Gasteiger partial charge in [-0.3, -0.25) is 4.79 Å². The number of nitrogens with zero attached hydrogens (tertiary/aromatic N) is 3. The lowest BCUT2D eigenvalue weighted by Crippen LogP contribution is -2.41. The van der Waals surface area contributed by atoms with Crippen LogP contribution in [0, 0.1) is 6.92 Å². The molecule has 0 saturated heterocycles. The van der Waals surface area contributed by atoms with E-state index in [1.54, 1.807) is 19.2 Å². The Morgan fingerprint density at radius 3 is 3.28 bits per heavy atom. The van der Waals surface area contributed by atoms with E-state index in [1.165, 1.54) is 0 Å². The van der Waals surface area contributed by atoms with Crippen molar-refractivity contribution >= 4 is 5.91 Å². The Kier molecular flexibility index (Phi) is 2.62. The van der Waals surface area contributed by atoms with Gasteiger partial charge in [0.2, 0.25) is 0 Å². The molecule has 1 N–H and O–H groups in total. The van der Waals surface area contributed by atoms with Crippen LogP contribution in [-0.4, -0.2) is 26.7 Å². The SMILES string of the molecule is Cc1cc(C(=O)NC2CCc3nccn3C2)no1. The van der Waals surface area contributed by atoms with Gasteiger partial charge in [0, 0.05) is 37.5 Å². The Morgan fingerprint density at radius 2 is 2.50 bits per heavy atom. The van der Waals surface area contributed by atoms with Gasteiger partial charge in [-0.25, -0.2) is 4.98 Å². The van der Waals surface area contributed by atoms with Crippen LogP contribution in [-0.2, 0) is 13.0 Å². The molecule has 6 nitrogen and oxygen atoms in total. The molecule has 0 aromatic carbocycles. The maximum absolute atomic E-state index is 11.9. The van der Waals surface area contributed by atoms with Crippen molar-refractivity contribution in [1.82, 2.24) is 20.0 Å². The summed E-state index contributed by atoms with van der Waals surface area (Å²) in [5, 5.41) is 6.68.